The van der Waals surface area contributed by atoms with Crippen LogP contribution < -0.4 is 0 Å². The van der Waals surface area contributed by atoms with E-state index in [0.29, 0.717) is 11.8 Å². The molecule has 108 valence electrons. The summed E-state index contributed by atoms with van der Waals surface area (Å²) in [5.41, 5.74) is 2.18. The van der Waals surface area contributed by atoms with Crippen molar-refractivity contribution in [3.8, 4) is 0 Å². The van der Waals surface area contributed by atoms with Crippen LogP contribution in [0.15, 0.2) is 18.2 Å². The summed E-state index contributed by atoms with van der Waals surface area (Å²) in [5.74, 6) is 1.03. The molecule has 4 rings (SSSR count). The van der Waals surface area contributed by atoms with Crippen molar-refractivity contribution in [1.29, 1.82) is 0 Å². The lowest BCUT2D eigenvalue weighted by Crippen LogP contribution is -2.39. The Morgan fingerprint density at radius 1 is 1.20 bits per heavy atom. The van der Waals surface area contributed by atoms with E-state index >= 15 is 0 Å². The summed E-state index contributed by atoms with van der Waals surface area (Å²) in [6, 6.07) is 5.05. The third-order valence-corrected chi connectivity index (χ3v) is 5.16. The van der Waals surface area contributed by atoms with Crippen LogP contribution in [0.25, 0.3) is 0 Å². The van der Waals surface area contributed by atoms with E-state index < -0.39 is 0 Å². The van der Waals surface area contributed by atoms with Gasteiger partial charge in [0, 0.05) is 24.9 Å². The molecular formula is C16H20FNO2. The standard InChI is InChI=1S/C16H20FNO2/c17-13-2-3-14-10(5-13)1-4-15(19)16(14)18-6-11-8-20-9-12(11)7-18/h2-3,5,11-12,15-16,19H,1,4,6-9H2/t11-,12+,15-,16-/m1/s1. The van der Waals surface area contributed by atoms with Crippen molar-refractivity contribution in [2.24, 2.45) is 11.8 Å². The number of benzene rings is 1. The lowest BCUT2D eigenvalue weighted by atomic mass is 9.84. The van der Waals surface area contributed by atoms with Gasteiger partial charge in [0.1, 0.15) is 5.82 Å². The number of aliphatic hydroxyl groups excluding tert-OH is 1. The number of ether oxygens (including phenoxy) is 1. The van der Waals surface area contributed by atoms with Crippen molar-refractivity contribution in [2.75, 3.05) is 26.3 Å². The number of aliphatic hydroxyl groups is 1. The molecule has 2 fully saturated rings. The zero-order chi connectivity index (χ0) is 13.7. The Hall–Kier alpha value is -0.970. The van der Waals surface area contributed by atoms with Crippen LogP contribution in [-0.4, -0.2) is 42.4 Å². The van der Waals surface area contributed by atoms with Crippen LogP contribution in [-0.2, 0) is 11.2 Å². The lowest BCUT2D eigenvalue weighted by molar-refractivity contribution is 0.0368. The molecule has 1 aromatic carbocycles. The number of hydrogen-bond acceptors (Lipinski definition) is 3. The van der Waals surface area contributed by atoms with Gasteiger partial charge in [-0.15, -0.1) is 0 Å². The molecule has 4 atom stereocenters. The average molecular weight is 277 g/mol. The molecule has 2 saturated heterocycles. The molecule has 0 radical (unpaired) electrons. The van der Waals surface area contributed by atoms with E-state index in [1.807, 2.05) is 6.07 Å². The van der Waals surface area contributed by atoms with E-state index in [9.17, 15) is 9.50 Å². The van der Waals surface area contributed by atoms with E-state index in [4.69, 9.17) is 4.74 Å². The van der Waals surface area contributed by atoms with Gasteiger partial charge in [0.05, 0.1) is 25.4 Å². The average Bonchev–Trinajstić information content (AvgIpc) is 2.99. The summed E-state index contributed by atoms with van der Waals surface area (Å²) in [6.07, 6.45) is 1.16. The van der Waals surface area contributed by atoms with Gasteiger partial charge in [0.15, 0.2) is 0 Å². The summed E-state index contributed by atoms with van der Waals surface area (Å²) >= 11 is 0. The topological polar surface area (TPSA) is 32.7 Å². The number of fused-ring (bicyclic) bond motifs is 2. The predicted molar refractivity (Wildman–Crippen MR) is 72.8 cm³/mol. The molecule has 1 N–H and O–H groups in total. The minimum Gasteiger partial charge on any atom is -0.391 e. The van der Waals surface area contributed by atoms with Gasteiger partial charge >= 0.3 is 0 Å². The van der Waals surface area contributed by atoms with Gasteiger partial charge in [-0.05, 0) is 36.1 Å². The zero-order valence-electron chi connectivity index (χ0n) is 11.5. The lowest BCUT2D eigenvalue weighted by Gasteiger charge is -2.37. The first-order valence-electron chi connectivity index (χ1n) is 7.50. The highest BCUT2D eigenvalue weighted by atomic mass is 19.1. The summed E-state index contributed by atoms with van der Waals surface area (Å²) in [5, 5.41) is 10.4. The Morgan fingerprint density at radius 2 is 1.95 bits per heavy atom. The molecule has 0 spiro atoms. The summed E-state index contributed by atoms with van der Waals surface area (Å²) in [4.78, 5) is 2.39. The minimum absolute atomic E-state index is 0.0324. The van der Waals surface area contributed by atoms with Gasteiger partial charge in [-0.2, -0.15) is 0 Å². The SMILES string of the molecule is O[C@@H]1CCc2cc(F)ccc2[C@H]1N1C[C@H]2COC[C@H]2C1. The molecule has 3 nitrogen and oxygen atoms in total. The number of aryl methyl sites for hydroxylation is 1. The second-order valence-corrected chi connectivity index (χ2v) is 6.41. The summed E-state index contributed by atoms with van der Waals surface area (Å²) in [7, 11) is 0. The zero-order valence-corrected chi connectivity index (χ0v) is 11.5. The van der Waals surface area contributed by atoms with E-state index in [1.165, 1.54) is 6.07 Å². The first kappa shape index (κ1) is 12.7. The maximum atomic E-state index is 13.4. The van der Waals surface area contributed by atoms with Crippen LogP contribution in [0.5, 0.6) is 0 Å². The minimum atomic E-state index is -0.340. The van der Waals surface area contributed by atoms with Crippen molar-refractivity contribution in [3.63, 3.8) is 0 Å². The molecule has 0 bridgehead atoms. The molecule has 1 aromatic rings. The number of halogens is 1. The van der Waals surface area contributed by atoms with Gasteiger partial charge < -0.3 is 9.84 Å². The smallest absolute Gasteiger partial charge is 0.123 e. The van der Waals surface area contributed by atoms with Crippen LogP contribution in [0.3, 0.4) is 0 Å². The van der Waals surface area contributed by atoms with Crippen LogP contribution in [0.1, 0.15) is 23.6 Å². The molecular weight excluding hydrogens is 257 g/mol. The second kappa shape index (κ2) is 4.79. The van der Waals surface area contributed by atoms with E-state index in [1.54, 1.807) is 6.07 Å². The summed E-state index contributed by atoms with van der Waals surface area (Å²) < 4.78 is 18.9. The molecule has 2 heterocycles. The number of hydrogen-bond donors (Lipinski definition) is 1. The molecule has 0 unspecified atom stereocenters. The normalized spacial score (nSPS) is 36.9. The Labute approximate surface area is 118 Å². The third kappa shape index (κ3) is 1.98. The fraction of sp³-hybridized carbons (Fsp3) is 0.625. The maximum absolute atomic E-state index is 13.4. The first-order valence-corrected chi connectivity index (χ1v) is 7.50. The Kier molecular flexibility index (Phi) is 3.05. The number of nitrogens with zero attached hydrogens (tertiary/aromatic N) is 1. The predicted octanol–water partition coefficient (Wildman–Crippen LogP) is 1.75. The fourth-order valence-corrected chi connectivity index (χ4v) is 4.14. The second-order valence-electron chi connectivity index (χ2n) is 6.41. The molecule has 1 aliphatic carbocycles. The van der Waals surface area contributed by atoms with Gasteiger partial charge in [-0.3, -0.25) is 4.90 Å². The molecule has 20 heavy (non-hydrogen) atoms. The van der Waals surface area contributed by atoms with E-state index in [2.05, 4.69) is 4.90 Å². The van der Waals surface area contributed by atoms with Crippen molar-refractivity contribution in [2.45, 2.75) is 25.0 Å². The first-order chi connectivity index (χ1) is 9.72. The molecule has 0 saturated carbocycles. The quantitative estimate of drug-likeness (QED) is 0.849. The van der Waals surface area contributed by atoms with E-state index in [0.717, 1.165) is 50.3 Å². The highest BCUT2D eigenvalue weighted by Gasteiger charge is 2.43. The highest BCUT2D eigenvalue weighted by Crippen LogP contribution is 2.40. The van der Waals surface area contributed by atoms with E-state index in [-0.39, 0.29) is 18.0 Å². The molecule has 3 aliphatic rings. The molecule has 0 aromatic heterocycles. The molecule has 4 heteroatoms. The fourth-order valence-electron chi connectivity index (χ4n) is 4.14. The van der Waals surface area contributed by atoms with Gasteiger partial charge in [0.2, 0.25) is 0 Å². The molecule has 0 amide bonds. The molecule has 2 aliphatic heterocycles. The van der Waals surface area contributed by atoms with Crippen LogP contribution in [0, 0.1) is 17.7 Å². The van der Waals surface area contributed by atoms with Crippen molar-refractivity contribution < 1.29 is 14.2 Å². The highest BCUT2D eigenvalue weighted by molar-refractivity contribution is 5.34. The van der Waals surface area contributed by atoms with Gasteiger partial charge in [-0.25, -0.2) is 4.39 Å². The van der Waals surface area contributed by atoms with Crippen LogP contribution >= 0.6 is 0 Å². The Bertz CT molecular complexity index is 509. The van der Waals surface area contributed by atoms with Gasteiger partial charge in [0.25, 0.3) is 0 Å². The van der Waals surface area contributed by atoms with Crippen molar-refractivity contribution in [3.05, 3.63) is 35.1 Å². The number of likely N-dealkylation sites (tertiary alicyclic amines) is 1. The van der Waals surface area contributed by atoms with Crippen LogP contribution in [0.4, 0.5) is 4.39 Å². The monoisotopic (exact) mass is 277 g/mol. The van der Waals surface area contributed by atoms with Crippen LogP contribution in [0.2, 0.25) is 0 Å². The third-order valence-electron chi connectivity index (χ3n) is 5.16. The van der Waals surface area contributed by atoms with Crippen molar-refractivity contribution in [1.82, 2.24) is 4.90 Å². The Morgan fingerprint density at radius 3 is 2.70 bits per heavy atom. The number of rotatable bonds is 1. The van der Waals surface area contributed by atoms with Gasteiger partial charge in [-0.1, -0.05) is 6.07 Å². The maximum Gasteiger partial charge on any atom is 0.123 e. The summed E-state index contributed by atoms with van der Waals surface area (Å²) in [6.45, 7) is 3.67. The Balaban J connectivity index is 1.64. The largest absolute Gasteiger partial charge is 0.391 e. The van der Waals surface area contributed by atoms with Crippen molar-refractivity contribution >= 4 is 0 Å².